The molecule has 1 amide bonds. The molecule has 1 heterocycles. The van der Waals surface area contributed by atoms with E-state index in [0.29, 0.717) is 13.2 Å². The third-order valence-electron chi connectivity index (χ3n) is 3.37. The Morgan fingerprint density at radius 1 is 1.39 bits per heavy atom. The molecule has 106 valence electrons. The number of likely N-dealkylation sites (tertiary alicyclic amines) is 1. The van der Waals surface area contributed by atoms with Gasteiger partial charge in [0.2, 0.25) is 5.91 Å². The minimum atomic E-state index is -0.105. The van der Waals surface area contributed by atoms with E-state index < -0.39 is 0 Å². The Morgan fingerprint density at radius 3 is 2.56 bits per heavy atom. The average Bonchev–Trinajstić information content (AvgIpc) is 2.73. The highest BCUT2D eigenvalue weighted by Crippen LogP contribution is 2.28. The zero-order valence-corrected chi connectivity index (χ0v) is 12.2. The van der Waals surface area contributed by atoms with Crippen LogP contribution in [0.25, 0.3) is 0 Å². The molecule has 1 saturated heterocycles. The predicted molar refractivity (Wildman–Crippen MR) is 70.5 cm³/mol. The first kappa shape index (κ1) is 15.4. The second-order valence-electron chi connectivity index (χ2n) is 5.72. The molecular formula is C13H26N2O3. The first-order valence-electron chi connectivity index (χ1n) is 6.46. The molecule has 5 heteroatoms. The van der Waals surface area contributed by atoms with E-state index in [1.807, 2.05) is 0 Å². The maximum absolute atomic E-state index is 12.2. The van der Waals surface area contributed by atoms with Crippen molar-refractivity contribution in [2.24, 2.45) is 0 Å². The van der Waals surface area contributed by atoms with Crippen LogP contribution >= 0.6 is 0 Å². The molecule has 0 aliphatic carbocycles. The van der Waals surface area contributed by atoms with Crippen molar-refractivity contribution in [3.05, 3.63) is 0 Å². The van der Waals surface area contributed by atoms with Gasteiger partial charge in [-0.15, -0.1) is 0 Å². The van der Waals surface area contributed by atoms with Gasteiger partial charge in [0, 0.05) is 32.8 Å². The number of carbonyl (C=O) groups is 1. The Bertz CT molecular complexity index is 276. The van der Waals surface area contributed by atoms with Crippen molar-refractivity contribution in [2.75, 3.05) is 33.9 Å². The minimum Gasteiger partial charge on any atom is -0.383 e. The van der Waals surface area contributed by atoms with E-state index in [1.165, 1.54) is 0 Å². The number of ether oxygens (including phenoxy) is 2. The third-order valence-corrected chi connectivity index (χ3v) is 3.37. The van der Waals surface area contributed by atoms with Crippen molar-refractivity contribution in [2.45, 2.75) is 44.9 Å². The van der Waals surface area contributed by atoms with E-state index >= 15 is 0 Å². The quantitative estimate of drug-likeness (QED) is 0.735. The summed E-state index contributed by atoms with van der Waals surface area (Å²) in [7, 11) is 3.33. The molecule has 2 unspecified atom stereocenters. The number of hydrogen-bond acceptors (Lipinski definition) is 4. The molecule has 0 spiro atoms. The van der Waals surface area contributed by atoms with E-state index in [-0.39, 0.29) is 23.6 Å². The molecule has 1 aliphatic heterocycles. The molecule has 1 rings (SSSR count). The molecular weight excluding hydrogens is 232 g/mol. The lowest BCUT2D eigenvalue weighted by Crippen LogP contribution is -2.51. The van der Waals surface area contributed by atoms with Gasteiger partial charge in [-0.05, 0) is 27.2 Å². The van der Waals surface area contributed by atoms with Crippen molar-refractivity contribution >= 4 is 5.91 Å². The Labute approximate surface area is 110 Å². The monoisotopic (exact) mass is 258 g/mol. The number of hydrogen-bond donors (Lipinski definition) is 1. The van der Waals surface area contributed by atoms with Gasteiger partial charge in [0.25, 0.3) is 0 Å². The first-order valence-corrected chi connectivity index (χ1v) is 6.46. The summed E-state index contributed by atoms with van der Waals surface area (Å²) in [5.74, 6) is 0.0709. The van der Waals surface area contributed by atoms with Crippen LogP contribution in [0.2, 0.25) is 0 Å². The van der Waals surface area contributed by atoms with Crippen LogP contribution in [-0.2, 0) is 14.3 Å². The zero-order valence-electron chi connectivity index (χ0n) is 12.2. The number of rotatable bonds is 5. The summed E-state index contributed by atoms with van der Waals surface area (Å²) in [4.78, 5) is 14.4. The fourth-order valence-electron chi connectivity index (χ4n) is 2.35. The second kappa shape index (κ2) is 6.50. The number of carbonyl (C=O) groups excluding carboxylic acids is 1. The number of methoxy groups -OCH3 is 2. The van der Waals surface area contributed by atoms with E-state index in [4.69, 9.17) is 9.47 Å². The average molecular weight is 258 g/mol. The largest absolute Gasteiger partial charge is 0.383 e. The molecule has 0 radical (unpaired) electrons. The molecule has 5 nitrogen and oxygen atoms in total. The fraction of sp³-hybridized carbons (Fsp3) is 0.923. The van der Waals surface area contributed by atoms with Crippen LogP contribution in [0.15, 0.2) is 0 Å². The van der Waals surface area contributed by atoms with Gasteiger partial charge < -0.3 is 14.8 Å². The Kier molecular flexibility index (Phi) is 5.56. The summed E-state index contributed by atoms with van der Waals surface area (Å²) in [6, 6.07) is -0.105. The summed E-state index contributed by atoms with van der Waals surface area (Å²) in [6.07, 6.45) is 0.898. The fourth-order valence-corrected chi connectivity index (χ4v) is 2.35. The lowest BCUT2D eigenvalue weighted by atomic mass is 10.0. The highest BCUT2D eigenvalue weighted by atomic mass is 16.5. The number of amides is 1. The second-order valence-corrected chi connectivity index (χ2v) is 5.72. The maximum Gasteiger partial charge on any atom is 0.237 e. The molecule has 0 aromatic carbocycles. The summed E-state index contributed by atoms with van der Waals surface area (Å²) in [5.41, 5.74) is -0.0312. The van der Waals surface area contributed by atoms with Crippen LogP contribution in [-0.4, -0.2) is 62.4 Å². The van der Waals surface area contributed by atoms with Crippen molar-refractivity contribution < 1.29 is 14.3 Å². The number of nitrogens with zero attached hydrogens (tertiary/aromatic N) is 1. The minimum absolute atomic E-state index is 0.0312. The van der Waals surface area contributed by atoms with Gasteiger partial charge in [-0.25, -0.2) is 0 Å². The van der Waals surface area contributed by atoms with Gasteiger partial charge in [0.05, 0.1) is 18.8 Å². The van der Waals surface area contributed by atoms with Gasteiger partial charge in [-0.1, -0.05) is 0 Å². The van der Waals surface area contributed by atoms with Crippen molar-refractivity contribution in [3.8, 4) is 0 Å². The van der Waals surface area contributed by atoms with Crippen LogP contribution in [0.4, 0.5) is 0 Å². The van der Waals surface area contributed by atoms with Crippen LogP contribution in [0.3, 0.4) is 0 Å². The van der Waals surface area contributed by atoms with Crippen molar-refractivity contribution in [3.63, 3.8) is 0 Å². The van der Waals surface area contributed by atoms with Crippen LogP contribution in [0, 0.1) is 0 Å². The molecule has 0 aromatic heterocycles. The molecule has 0 saturated carbocycles. The van der Waals surface area contributed by atoms with Crippen LogP contribution in [0.1, 0.15) is 27.2 Å². The van der Waals surface area contributed by atoms with Gasteiger partial charge >= 0.3 is 0 Å². The lowest BCUT2D eigenvalue weighted by Gasteiger charge is -2.36. The maximum atomic E-state index is 12.2. The Hall–Kier alpha value is -0.650. The topological polar surface area (TPSA) is 50.8 Å². The third kappa shape index (κ3) is 3.93. The van der Waals surface area contributed by atoms with Gasteiger partial charge in [-0.2, -0.15) is 0 Å². The van der Waals surface area contributed by atoms with Crippen LogP contribution in [0.5, 0.6) is 0 Å². The van der Waals surface area contributed by atoms with E-state index in [0.717, 1.165) is 13.0 Å². The Balaban J connectivity index is 2.62. The molecule has 1 aliphatic rings. The van der Waals surface area contributed by atoms with Gasteiger partial charge in [0.1, 0.15) is 0 Å². The summed E-state index contributed by atoms with van der Waals surface area (Å²) >= 11 is 0. The summed E-state index contributed by atoms with van der Waals surface area (Å²) < 4.78 is 10.3. The highest BCUT2D eigenvalue weighted by molar-refractivity contribution is 5.82. The van der Waals surface area contributed by atoms with E-state index in [9.17, 15) is 4.79 Å². The lowest BCUT2D eigenvalue weighted by molar-refractivity contribution is -0.127. The molecule has 0 bridgehead atoms. The SMILES string of the molecule is COCCNC(=O)C1CC(OC)CN1C(C)(C)C. The van der Waals surface area contributed by atoms with Gasteiger partial charge in [-0.3, -0.25) is 9.69 Å². The zero-order chi connectivity index (χ0) is 13.8. The molecule has 2 atom stereocenters. The molecule has 1 N–H and O–H groups in total. The smallest absolute Gasteiger partial charge is 0.237 e. The van der Waals surface area contributed by atoms with Gasteiger partial charge in [0.15, 0.2) is 0 Å². The molecule has 1 fully saturated rings. The summed E-state index contributed by atoms with van der Waals surface area (Å²) in [6.45, 7) is 8.28. The van der Waals surface area contributed by atoms with Crippen molar-refractivity contribution in [1.29, 1.82) is 0 Å². The predicted octanol–water partition coefficient (Wildman–Crippen LogP) is 0.637. The summed E-state index contributed by atoms with van der Waals surface area (Å²) in [5, 5.41) is 2.91. The molecule has 18 heavy (non-hydrogen) atoms. The van der Waals surface area contributed by atoms with E-state index in [2.05, 4.69) is 31.0 Å². The van der Waals surface area contributed by atoms with Crippen LogP contribution < -0.4 is 5.32 Å². The van der Waals surface area contributed by atoms with E-state index in [1.54, 1.807) is 14.2 Å². The standard InChI is InChI=1S/C13H26N2O3/c1-13(2,3)15-9-10(18-5)8-11(15)12(16)14-6-7-17-4/h10-11H,6-9H2,1-5H3,(H,14,16). The molecule has 0 aromatic rings. The van der Waals surface area contributed by atoms with Crippen molar-refractivity contribution in [1.82, 2.24) is 10.2 Å². The number of nitrogens with one attached hydrogen (secondary N) is 1. The highest BCUT2D eigenvalue weighted by Gasteiger charge is 2.41. The first-order chi connectivity index (χ1) is 8.40. The Morgan fingerprint density at radius 2 is 2.06 bits per heavy atom. The normalized spacial score (nSPS) is 25.4.